The Kier molecular flexibility index (Phi) is 3.49. The number of hydrogen-bond acceptors (Lipinski definition) is 4. The van der Waals surface area contributed by atoms with Gasteiger partial charge in [-0.15, -0.1) is 11.3 Å². The summed E-state index contributed by atoms with van der Waals surface area (Å²) in [6.07, 6.45) is 3.81. The summed E-state index contributed by atoms with van der Waals surface area (Å²) in [5.74, 6) is 0.0790. The number of carbonyl (C=O) groups is 1. The summed E-state index contributed by atoms with van der Waals surface area (Å²) < 4.78 is 0. The van der Waals surface area contributed by atoms with Crippen molar-refractivity contribution < 1.29 is 4.79 Å². The molecule has 5 heteroatoms. The first-order chi connectivity index (χ1) is 8.01. The van der Waals surface area contributed by atoms with E-state index in [-0.39, 0.29) is 11.9 Å². The van der Waals surface area contributed by atoms with Crippen molar-refractivity contribution in [3.05, 3.63) is 16.1 Å². The Morgan fingerprint density at radius 3 is 3.00 bits per heavy atom. The molecule has 1 saturated heterocycles. The number of rotatable bonds is 3. The van der Waals surface area contributed by atoms with Crippen LogP contribution in [-0.2, 0) is 4.79 Å². The van der Waals surface area contributed by atoms with Crippen molar-refractivity contribution in [1.82, 2.24) is 15.6 Å². The second-order valence-corrected chi connectivity index (χ2v) is 6.13. The molecule has 1 aliphatic heterocycles. The Hall–Kier alpha value is -0.940. The third-order valence-corrected chi connectivity index (χ3v) is 4.32. The lowest BCUT2D eigenvalue weighted by molar-refractivity contribution is -0.127. The van der Waals surface area contributed by atoms with E-state index in [1.807, 2.05) is 27.0 Å². The number of carbonyl (C=O) groups excluding carboxylic acids is 1. The van der Waals surface area contributed by atoms with E-state index in [9.17, 15) is 4.79 Å². The van der Waals surface area contributed by atoms with Gasteiger partial charge in [-0.25, -0.2) is 4.98 Å². The Labute approximate surface area is 106 Å². The number of nitrogens with zero attached hydrogens (tertiary/aromatic N) is 1. The molecule has 1 aliphatic rings. The zero-order valence-corrected chi connectivity index (χ0v) is 11.4. The van der Waals surface area contributed by atoms with Crippen molar-refractivity contribution in [3.8, 4) is 0 Å². The van der Waals surface area contributed by atoms with E-state index >= 15 is 0 Å². The Morgan fingerprint density at radius 2 is 2.47 bits per heavy atom. The lowest BCUT2D eigenvalue weighted by atomic mass is 9.99. The molecule has 0 saturated carbocycles. The minimum atomic E-state index is -0.402. The van der Waals surface area contributed by atoms with E-state index in [1.54, 1.807) is 11.3 Å². The van der Waals surface area contributed by atoms with E-state index in [2.05, 4.69) is 15.6 Å². The highest BCUT2D eigenvalue weighted by molar-refractivity contribution is 7.11. The van der Waals surface area contributed by atoms with Crippen LogP contribution < -0.4 is 10.6 Å². The van der Waals surface area contributed by atoms with E-state index in [0.29, 0.717) is 0 Å². The molecule has 2 heterocycles. The van der Waals surface area contributed by atoms with Gasteiger partial charge in [0, 0.05) is 11.1 Å². The van der Waals surface area contributed by atoms with Gasteiger partial charge in [-0.05, 0) is 40.2 Å². The fraction of sp³-hybridized carbons (Fsp3) is 0.667. The maximum absolute atomic E-state index is 12.2. The fourth-order valence-corrected chi connectivity index (χ4v) is 2.85. The van der Waals surface area contributed by atoms with Gasteiger partial charge in [-0.3, -0.25) is 4.79 Å². The van der Waals surface area contributed by atoms with Crippen molar-refractivity contribution >= 4 is 17.2 Å². The van der Waals surface area contributed by atoms with E-state index in [1.165, 1.54) is 4.88 Å². The molecule has 0 radical (unpaired) electrons. The highest BCUT2D eigenvalue weighted by Gasteiger charge is 2.36. The normalized spacial score (nSPS) is 25.8. The van der Waals surface area contributed by atoms with Crippen molar-refractivity contribution in [1.29, 1.82) is 0 Å². The molecule has 1 aromatic rings. The van der Waals surface area contributed by atoms with Crippen LogP contribution in [0.3, 0.4) is 0 Å². The van der Waals surface area contributed by atoms with Crippen LogP contribution in [0, 0.1) is 6.92 Å². The molecule has 2 N–H and O–H groups in total. The minimum Gasteiger partial charge on any atom is -0.346 e. The average Bonchev–Trinajstić information content (AvgIpc) is 2.88. The Bertz CT molecular complexity index is 410. The van der Waals surface area contributed by atoms with Gasteiger partial charge < -0.3 is 10.6 Å². The first kappa shape index (κ1) is 12.5. The van der Waals surface area contributed by atoms with Gasteiger partial charge >= 0.3 is 0 Å². The summed E-state index contributed by atoms with van der Waals surface area (Å²) in [6.45, 7) is 6.90. The van der Waals surface area contributed by atoms with E-state index in [4.69, 9.17) is 0 Å². The SMILES string of the molecule is Cc1cnc(C(C)NC(=O)C2(C)CCCN2)s1. The standard InChI is InChI=1S/C12H19N3OS/c1-8-7-13-10(17-8)9(2)15-11(16)12(3)5-4-6-14-12/h7,9,14H,4-6H2,1-3H3,(H,15,16). The smallest absolute Gasteiger partial charge is 0.240 e. The molecule has 1 amide bonds. The fourth-order valence-electron chi connectivity index (χ4n) is 2.08. The minimum absolute atomic E-state index is 0.0135. The number of amides is 1. The first-order valence-corrected chi connectivity index (χ1v) is 6.81. The molecule has 0 aromatic carbocycles. The summed E-state index contributed by atoms with van der Waals surface area (Å²) in [5.41, 5.74) is -0.402. The summed E-state index contributed by atoms with van der Waals surface area (Å²) in [5, 5.41) is 7.27. The number of hydrogen-bond donors (Lipinski definition) is 2. The molecule has 0 aliphatic carbocycles. The average molecular weight is 253 g/mol. The summed E-state index contributed by atoms with van der Waals surface area (Å²) in [4.78, 5) is 17.6. The first-order valence-electron chi connectivity index (χ1n) is 5.99. The Morgan fingerprint density at radius 1 is 1.71 bits per heavy atom. The van der Waals surface area contributed by atoms with Gasteiger partial charge in [0.1, 0.15) is 5.01 Å². The number of aryl methyl sites for hydroxylation is 1. The van der Waals surface area contributed by atoms with Gasteiger partial charge in [-0.1, -0.05) is 0 Å². The van der Waals surface area contributed by atoms with Crippen LogP contribution in [-0.4, -0.2) is 23.0 Å². The van der Waals surface area contributed by atoms with Crippen LogP contribution in [0.5, 0.6) is 0 Å². The largest absolute Gasteiger partial charge is 0.346 e. The molecule has 1 aromatic heterocycles. The molecule has 0 spiro atoms. The maximum atomic E-state index is 12.2. The van der Waals surface area contributed by atoms with Gasteiger partial charge in [0.25, 0.3) is 0 Å². The topological polar surface area (TPSA) is 54.0 Å². The van der Waals surface area contributed by atoms with Gasteiger partial charge in [0.2, 0.25) is 5.91 Å². The van der Waals surface area contributed by atoms with Crippen molar-refractivity contribution in [2.24, 2.45) is 0 Å². The van der Waals surface area contributed by atoms with E-state index in [0.717, 1.165) is 24.4 Å². The van der Waals surface area contributed by atoms with Crippen LogP contribution in [0.25, 0.3) is 0 Å². The van der Waals surface area contributed by atoms with Crippen LogP contribution in [0.1, 0.15) is 42.6 Å². The zero-order chi connectivity index (χ0) is 12.5. The molecule has 4 nitrogen and oxygen atoms in total. The second kappa shape index (κ2) is 4.74. The van der Waals surface area contributed by atoms with E-state index < -0.39 is 5.54 Å². The molecular formula is C12H19N3OS. The summed E-state index contributed by atoms with van der Waals surface area (Å²) in [7, 11) is 0. The van der Waals surface area contributed by atoms with Gasteiger partial charge in [0.15, 0.2) is 0 Å². The quantitative estimate of drug-likeness (QED) is 0.863. The summed E-state index contributed by atoms with van der Waals surface area (Å²) in [6, 6.07) is -0.0135. The summed E-state index contributed by atoms with van der Waals surface area (Å²) >= 11 is 1.63. The molecule has 17 heavy (non-hydrogen) atoms. The van der Waals surface area contributed by atoms with Crippen molar-refractivity contribution in [2.45, 2.75) is 45.2 Å². The molecule has 2 rings (SSSR count). The predicted octanol–water partition coefficient (Wildman–Crippen LogP) is 1.77. The molecule has 94 valence electrons. The van der Waals surface area contributed by atoms with Crippen molar-refractivity contribution in [3.63, 3.8) is 0 Å². The molecular weight excluding hydrogens is 234 g/mol. The van der Waals surface area contributed by atoms with Gasteiger partial charge in [-0.2, -0.15) is 0 Å². The zero-order valence-electron chi connectivity index (χ0n) is 10.5. The van der Waals surface area contributed by atoms with Crippen LogP contribution in [0.4, 0.5) is 0 Å². The highest BCUT2D eigenvalue weighted by Crippen LogP contribution is 2.22. The number of thiazole rings is 1. The van der Waals surface area contributed by atoms with Gasteiger partial charge in [0.05, 0.1) is 11.6 Å². The second-order valence-electron chi connectivity index (χ2n) is 4.87. The van der Waals surface area contributed by atoms with Crippen LogP contribution in [0.2, 0.25) is 0 Å². The van der Waals surface area contributed by atoms with Crippen molar-refractivity contribution in [2.75, 3.05) is 6.54 Å². The third-order valence-electron chi connectivity index (χ3n) is 3.23. The predicted molar refractivity (Wildman–Crippen MR) is 69.1 cm³/mol. The highest BCUT2D eigenvalue weighted by atomic mass is 32.1. The third kappa shape index (κ3) is 2.66. The number of aromatic nitrogens is 1. The van der Waals surface area contributed by atoms with Crippen LogP contribution >= 0.6 is 11.3 Å². The number of nitrogens with one attached hydrogen (secondary N) is 2. The molecule has 2 atom stereocenters. The molecule has 1 fully saturated rings. The maximum Gasteiger partial charge on any atom is 0.240 e. The monoisotopic (exact) mass is 253 g/mol. The lowest BCUT2D eigenvalue weighted by Crippen LogP contribution is -2.51. The Balaban J connectivity index is 1.99. The van der Waals surface area contributed by atoms with Crippen LogP contribution in [0.15, 0.2) is 6.20 Å². The molecule has 0 bridgehead atoms. The molecule has 2 unspecified atom stereocenters. The lowest BCUT2D eigenvalue weighted by Gasteiger charge is -2.25.